The fraction of sp³-hybridized carbons (Fsp3) is 0.778. The van der Waals surface area contributed by atoms with Crippen molar-refractivity contribution < 1.29 is 13.2 Å². The lowest BCUT2D eigenvalue weighted by Crippen LogP contribution is -2.14. The van der Waals surface area contributed by atoms with Crippen LogP contribution in [0.25, 0.3) is 0 Å². The van der Waals surface area contributed by atoms with Crippen molar-refractivity contribution in [3.05, 3.63) is 5.82 Å². The highest BCUT2D eigenvalue weighted by Gasteiger charge is 2.41. The molecule has 2 rings (SSSR count). The van der Waals surface area contributed by atoms with E-state index >= 15 is 0 Å². The molecule has 1 N–H and O–H groups in total. The number of hydrogen-bond acceptors (Lipinski definition) is 4. The summed E-state index contributed by atoms with van der Waals surface area (Å²) in [6.45, 7) is 2.78. The van der Waals surface area contributed by atoms with Crippen LogP contribution in [0.15, 0.2) is 0 Å². The molecule has 0 unspecified atom stereocenters. The van der Waals surface area contributed by atoms with E-state index in [1.54, 1.807) is 0 Å². The molecule has 0 bridgehead atoms. The Balaban J connectivity index is 1.93. The second-order valence-electron chi connectivity index (χ2n) is 4.13. The number of halogens is 3. The largest absolute Gasteiger partial charge is 0.452 e. The highest BCUT2D eigenvalue weighted by Crippen LogP contribution is 2.48. The quantitative estimate of drug-likeness (QED) is 0.893. The minimum Gasteiger partial charge on any atom is -0.360 e. The monoisotopic (exact) mass is 251 g/mol. The van der Waals surface area contributed by atoms with Crippen LogP contribution in [0.1, 0.15) is 32.0 Å². The van der Waals surface area contributed by atoms with Crippen LogP contribution in [0, 0.1) is 5.41 Å². The van der Waals surface area contributed by atoms with E-state index in [-0.39, 0.29) is 10.5 Å². The minimum absolute atomic E-state index is 0.257. The Morgan fingerprint density at radius 3 is 2.56 bits per heavy atom. The van der Waals surface area contributed by atoms with Gasteiger partial charge in [-0.2, -0.15) is 22.5 Å². The zero-order valence-electron chi connectivity index (χ0n) is 8.76. The van der Waals surface area contributed by atoms with Gasteiger partial charge in [-0.25, -0.2) is 0 Å². The number of hydrogen-bond donors (Lipinski definition) is 1. The fourth-order valence-electron chi connectivity index (χ4n) is 1.51. The summed E-state index contributed by atoms with van der Waals surface area (Å²) in [5.41, 5.74) is 0.282. The van der Waals surface area contributed by atoms with Gasteiger partial charge in [0, 0.05) is 18.1 Å². The van der Waals surface area contributed by atoms with Crippen molar-refractivity contribution in [3.63, 3.8) is 0 Å². The van der Waals surface area contributed by atoms with E-state index in [0.29, 0.717) is 6.54 Å². The molecule has 0 aromatic carbocycles. The minimum atomic E-state index is -4.45. The molecule has 1 fully saturated rings. The maximum Gasteiger partial charge on any atom is 0.452 e. The first-order valence-electron chi connectivity index (χ1n) is 5.10. The van der Waals surface area contributed by atoms with E-state index in [1.165, 1.54) is 0 Å². The van der Waals surface area contributed by atoms with Crippen molar-refractivity contribution >= 4 is 16.7 Å². The molecule has 1 saturated carbocycles. The summed E-state index contributed by atoms with van der Waals surface area (Å²) < 4.78 is 39.9. The number of nitrogens with one attached hydrogen (secondary N) is 1. The van der Waals surface area contributed by atoms with E-state index in [4.69, 9.17) is 0 Å². The van der Waals surface area contributed by atoms with Crippen molar-refractivity contribution in [3.8, 4) is 0 Å². The first kappa shape index (κ1) is 11.6. The number of nitrogens with zero attached hydrogens (tertiary/aromatic N) is 2. The normalized spacial score (nSPS) is 18.5. The van der Waals surface area contributed by atoms with Gasteiger partial charge in [0.2, 0.25) is 11.0 Å². The summed E-state index contributed by atoms with van der Waals surface area (Å²) in [5.74, 6) is -1.05. The lowest BCUT2D eigenvalue weighted by molar-refractivity contribution is -0.144. The molecule has 1 aromatic rings. The molecule has 3 nitrogen and oxygen atoms in total. The van der Waals surface area contributed by atoms with Gasteiger partial charge in [0.15, 0.2) is 0 Å². The molecule has 16 heavy (non-hydrogen) atoms. The van der Waals surface area contributed by atoms with Gasteiger partial charge in [-0.05, 0) is 24.7 Å². The van der Waals surface area contributed by atoms with E-state index in [2.05, 4.69) is 21.6 Å². The van der Waals surface area contributed by atoms with Gasteiger partial charge < -0.3 is 5.32 Å². The maximum absolute atomic E-state index is 12.2. The second-order valence-corrected chi connectivity index (χ2v) is 4.88. The Hall–Kier alpha value is -0.850. The maximum atomic E-state index is 12.2. The summed E-state index contributed by atoms with van der Waals surface area (Å²) >= 11 is 0.763. The summed E-state index contributed by atoms with van der Waals surface area (Å²) in [4.78, 5) is 3.42. The molecule has 0 amide bonds. The number of anilines is 1. The van der Waals surface area contributed by atoms with Crippen molar-refractivity contribution in [2.24, 2.45) is 5.41 Å². The van der Waals surface area contributed by atoms with Gasteiger partial charge in [0.25, 0.3) is 0 Å². The smallest absolute Gasteiger partial charge is 0.360 e. The van der Waals surface area contributed by atoms with Gasteiger partial charge >= 0.3 is 6.18 Å². The van der Waals surface area contributed by atoms with Gasteiger partial charge in [0.1, 0.15) is 0 Å². The van der Waals surface area contributed by atoms with Crippen LogP contribution in [0.2, 0.25) is 0 Å². The van der Waals surface area contributed by atoms with E-state index < -0.39 is 12.0 Å². The average Bonchev–Trinajstić information content (AvgIpc) is 2.83. The number of rotatable bonds is 4. The highest BCUT2D eigenvalue weighted by molar-refractivity contribution is 7.09. The van der Waals surface area contributed by atoms with Crippen molar-refractivity contribution in [2.75, 3.05) is 11.9 Å². The summed E-state index contributed by atoms with van der Waals surface area (Å²) in [7, 11) is 0. The average molecular weight is 251 g/mol. The third-order valence-corrected chi connectivity index (χ3v) is 3.67. The Morgan fingerprint density at radius 1 is 1.44 bits per heavy atom. The molecule has 1 aliphatic rings. The molecular weight excluding hydrogens is 239 g/mol. The molecule has 7 heteroatoms. The van der Waals surface area contributed by atoms with Crippen LogP contribution < -0.4 is 5.32 Å². The van der Waals surface area contributed by atoms with Crippen molar-refractivity contribution in [2.45, 2.75) is 32.4 Å². The van der Waals surface area contributed by atoms with Crippen LogP contribution in [-0.4, -0.2) is 15.9 Å². The van der Waals surface area contributed by atoms with Gasteiger partial charge in [-0.15, -0.1) is 0 Å². The van der Waals surface area contributed by atoms with Crippen LogP contribution in [0.5, 0.6) is 0 Å². The third-order valence-electron chi connectivity index (χ3n) is 3.00. The molecule has 0 atom stereocenters. The van der Waals surface area contributed by atoms with Crippen LogP contribution >= 0.6 is 11.5 Å². The van der Waals surface area contributed by atoms with Gasteiger partial charge in [0.05, 0.1) is 0 Å². The highest BCUT2D eigenvalue weighted by atomic mass is 32.1. The standard InChI is InChI=1S/C9H12F3N3S/c1-2-8(3-4-8)5-13-7-14-6(15-16-7)9(10,11)12/h2-5H2,1H3,(H,13,14,15). The first-order valence-corrected chi connectivity index (χ1v) is 5.87. The number of alkyl halides is 3. The molecule has 0 spiro atoms. The molecule has 0 aliphatic heterocycles. The Morgan fingerprint density at radius 2 is 2.12 bits per heavy atom. The van der Waals surface area contributed by atoms with Crippen LogP contribution in [-0.2, 0) is 6.18 Å². The SMILES string of the molecule is CCC1(CNc2nc(C(F)(F)F)ns2)CC1. The molecular formula is C9H12F3N3S. The van der Waals surface area contributed by atoms with Crippen molar-refractivity contribution in [1.82, 2.24) is 9.36 Å². The van der Waals surface area contributed by atoms with Crippen LogP contribution in [0.3, 0.4) is 0 Å². The number of aromatic nitrogens is 2. The molecule has 1 aliphatic carbocycles. The van der Waals surface area contributed by atoms with Gasteiger partial charge in [-0.3, -0.25) is 0 Å². The third kappa shape index (κ3) is 2.45. The second kappa shape index (κ2) is 3.87. The molecule has 0 saturated heterocycles. The zero-order valence-corrected chi connectivity index (χ0v) is 9.58. The van der Waals surface area contributed by atoms with E-state index in [0.717, 1.165) is 30.8 Å². The predicted octanol–water partition coefficient (Wildman–Crippen LogP) is 3.16. The Kier molecular flexibility index (Phi) is 2.81. The molecule has 0 radical (unpaired) electrons. The molecule has 90 valence electrons. The van der Waals surface area contributed by atoms with Crippen molar-refractivity contribution in [1.29, 1.82) is 0 Å². The molecule has 1 aromatic heterocycles. The predicted molar refractivity (Wildman–Crippen MR) is 55.4 cm³/mol. The lowest BCUT2D eigenvalue weighted by atomic mass is 10.0. The summed E-state index contributed by atoms with van der Waals surface area (Å²) in [6, 6.07) is 0. The fourth-order valence-corrected chi connectivity index (χ4v) is 2.09. The summed E-state index contributed by atoms with van der Waals surface area (Å²) in [5, 5.41) is 3.19. The first-order chi connectivity index (χ1) is 7.45. The Labute approximate surface area is 95.2 Å². The van der Waals surface area contributed by atoms with Gasteiger partial charge in [-0.1, -0.05) is 6.92 Å². The zero-order chi connectivity index (χ0) is 11.8. The van der Waals surface area contributed by atoms with E-state index in [9.17, 15) is 13.2 Å². The van der Waals surface area contributed by atoms with E-state index in [1.807, 2.05) is 0 Å². The summed E-state index contributed by atoms with van der Waals surface area (Å²) in [6.07, 6.45) is -1.12. The Bertz CT molecular complexity index is 370. The van der Waals surface area contributed by atoms with Crippen LogP contribution in [0.4, 0.5) is 18.3 Å². The lowest BCUT2D eigenvalue weighted by Gasteiger charge is -2.11. The molecule has 1 heterocycles. The topological polar surface area (TPSA) is 37.8 Å².